The molecule has 0 radical (unpaired) electrons. The van der Waals surface area contributed by atoms with Gasteiger partial charge in [-0.2, -0.15) is 0 Å². The van der Waals surface area contributed by atoms with Crippen LogP contribution in [0.2, 0.25) is 0 Å². The molecule has 0 aromatic heterocycles. The zero-order chi connectivity index (χ0) is 19.8. The average molecular weight is 379 g/mol. The molecule has 0 atom stereocenters. The Kier molecular flexibility index (Phi) is 7.78. The van der Waals surface area contributed by atoms with Gasteiger partial charge in [0.15, 0.2) is 0 Å². The molecule has 0 aliphatic heterocycles. The SMILES string of the molecule is CCC1CCC(/C=C/C#CC2CCC(OC(=O)c3ccc(C)cc3)CC2)CC1. The fraction of sp³-hybridized carbons (Fsp3) is 0.577. The van der Waals surface area contributed by atoms with Gasteiger partial charge in [-0.1, -0.05) is 49.0 Å². The molecule has 1 aromatic rings. The molecule has 2 saturated carbocycles. The number of esters is 1. The second-order valence-electron chi connectivity index (χ2n) is 8.58. The quantitative estimate of drug-likeness (QED) is 0.442. The maximum absolute atomic E-state index is 12.2. The average Bonchev–Trinajstić information content (AvgIpc) is 2.73. The highest BCUT2D eigenvalue weighted by atomic mass is 16.5. The highest BCUT2D eigenvalue weighted by Gasteiger charge is 2.23. The summed E-state index contributed by atoms with van der Waals surface area (Å²) in [4.78, 5) is 12.2. The third kappa shape index (κ3) is 6.26. The Morgan fingerprint density at radius 1 is 1.04 bits per heavy atom. The number of benzene rings is 1. The first kappa shape index (κ1) is 20.7. The Hall–Kier alpha value is -2.01. The van der Waals surface area contributed by atoms with E-state index < -0.39 is 0 Å². The van der Waals surface area contributed by atoms with Gasteiger partial charge in [-0.3, -0.25) is 0 Å². The minimum Gasteiger partial charge on any atom is -0.459 e. The van der Waals surface area contributed by atoms with Crippen molar-refractivity contribution >= 4 is 5.97 Å². The molecule has 0 amide bonds. The zero-order valence-corrected chi connectivity index (χ0v) is 17.5. The van der Waals surface area contributed by atoms with Crippen LogP contribution in [0.5, 0.6) is 0 Å². The summed E-state index contributed by atoms with van der Waals surface area (Å²) in [6.07, 6.45) is 15.1. The third-order valence-corrected chi connectivity index (χ3v) is 6.44. The molecule has 0 bridgehead atoms. The molecule has 0 saturated heterocycles. The largest absolute Gasteiger partial charge is 0.459 e. The summed E-state index contributed by atoms with van der Waals surface area (Å²) in [5, 5.41) is 0. The van der Waals surface area contributed by atoms with Crippen LogP contribution in [0, 0.1) is 36.5 Å². The van der Waals surface area contributed by atoms with Crippen LogP contribution in [0.3, 0.4) is 0 Å². The second-order valence-corrected chi connectivity index (χ2v) is 8.58. The monoisotopic (exact) mass is 378 g/mol. The van der Waals surface area contributed by atoms with E-state index in [0.29, 0.717) is 11.5 Å². The van der Waals surface area contributed by atoms with Crippen LogP contribution in [-0.4, -0.2) is 12.1 Å². The highest BCUT2D eigenvalue weighted by Crippen LogP contribution is 2.31. The molecule has 150 valence electrons. The Bertz CT molecular complexity index is 703. The van der Waals surface area contributed by atoms with Gasteiger partial charge in [-0.05, 0) is 88.3 Å². The standard InChI is InChI=1S/C26H34O2/c1-3-21-10-12-22(13-11-21)6-4-5-7-23-14-18-25(19-15-23)28-26(27)24-16-8-20(2)9-17-24/h4,6,8-9,16-17,21-23,25H,3,10-15,18-19H2,1-2H3/b6-4+. The van der Waals surface area contributed by atoms with Crippen LogP contribution in [0.15, 0.2) is 36.4 Å². The summed E-state index contributed by atoms with van der Waals surface area (Å²) in [7, 11) is 0. The molecule has 0 spiro atoms. The fourth-order valence-corrected chi connectivity index (χ4v) is 4.37. The molecule has 3 rings (SSSR count). The lowest BCUT2D eigenvalue weighted by molar-refractivity contribution is 0.0188. The zero-order valence-electron chi connectivity index (χ0n) is 17.5. The summed E-state index contributed by atoms with van der Waals surface area (Å²) in [5.74, 6) is 8.61. The summed E-state index contributed by atoms with van der Waals surface area (Å²) in [5.41, 5.74) is 1.80. The van der Waals surface area contributed by atoms with E-state index in [9.17, 15) is 4.79 Å². The minimum absolute atomic E-state index is 0.0381. The topological polar surface area (TPSA) is 26.3 Å². The van der Waals surface area contributed by atoms with E-state index in [-0.39, 0.29) is 12.1 Å². The van der Waals surface area contributed by atoms with Crippen LogP contribution >= 0.6 is 0 Å². The summed E-state index contributed by atoms with van der Waals surface area (Å²) >= 11 is 0. The van der Waals surface area contributed by atoms with Crippen LogP contribution in [0.25, 0.3) is 0 Å². The highest BCUT2D eigenvalue weighted by molar-refractivity contribution is 5.89. The van der Waals surface area contributed by atoms with Crippen molar-refractivity contribution in [2.45, 2.75) is 77.7 Å². The van der Waals surface area contributed by atoms with E-state index in [0.717, 1.165) is 43.1 Å². The van der Waals surface area contributed by atoms with E-state index >= 15 is 0 Å². The molecule has 2 fully saturated rings. The van der Waals surface area contributed by atoms with Crippen LogP contribution in [0.1, 0.15) is 80.6 Å². The Morgan fingerprint density at radius 2 is 1.71 bits per heavy atom. The first-order valence-electron chi connectivity index (χ1n) is 11.1. The van der Waals surface area contributed by atoms with Gasteiger partial charge < -0.3 is 4.74 Å². The number of aryl methyl sites for hydroxylation is 1. The predicted octanol–water partition coefficient (Wildman–Crippen LogP) is 6.49. The molecular weight excluding hydrogens is 344 g/mol. The number of hydrogen-bond donors (Lipinski definition) is 0. The molecule has 0 N–H and O–H groups in total. The van der Waals surface area contributed by atoms with E-state index in [1.807, 2.05) is 31.2 Å². The van der Waals surface area contributed by atoms with Crippen molar-refractivity contribution in [3.05, 3.63) is 47.5 Å². The summed E-state index contributed by atoms with van der Waals surface area (Å²) in [6.45, 7) is 4.33. The van der Waals surface area contributed by atoms with Crippen molar-refractivity contribution in [1.82, 2.24) is 0 Å². The normalized spacial score (nSPS) is 27.8. The van der Waals surface area contributed by atoms with Crippen molar-refractivity contribution in [3.8, 4) is 11.8 Å². The van der Waals surface area contributed by atoms with Crippen LogP contribution in [0.4, 0.5) is 0 Å². The lowest BCUT2D eigenvalue weighted by atomic mass is 9.81. The van der Waals surface area contributed by atoms with Gasteiger partial charge in [0.05, 0.1) is 5.56 Å². The van der Waals surface area contributed by atoms with Gasteiger partial charge in [-0.25, -0.2) is 4.79 Å². The first-order valence-corrected chi connectivity index (χ1v) is 11.1. The summed E-state index contributed by atoms with van der Waals surface area (Å²) < 4.78 is 5.69. The number of carbonyl (C=O) groups is 1. The number of rotatable bonds is 4. The molecular formula is C26H34O2. The molecule has 0 heterocycles. The lowest BCUT2D eigenvalue weighted by Crippen LogP contribution is -2.24. The van der Waals surface area contributed by atoms with E-state index in [1.54, 1.807) is 0 Å². The Labute approximate surface area is 170 Å². The number of carbonyl (C=O) groups excluding carboxylic acids is 1. The molecule has 1 aromatic carbocycles. The van der Waals surface area contributed by atoms with Gasteiger partial charge in [0.1, 0.15) is 6.10 Å². The molecule has 28 heavy (non-hydrogen) atoms. The van der Waals surface area contributed by atoms with E-state index in [1.165, 1.54) is 32.1 Å². The maximum atomic E-state index is 12.2. The second kappa shape index (κ2) is 10.5. The number of ether oxygens (including phenoxy) is 1. The van der Waals surface area contributed by atoms with Crippen molar-refractivity contribution in [2.24, 2.45) is 17.8 Å². The Balaban J connectivity index is 1.37. The minimum atomic E-state index is -0.199. The van der Waals surface area contributed by atoms with Crippen molar-refractivity contribution in [2.75, 3.05) is 0 Å². The lowest BCUT2D eigenvalue weighted by Gasteiger charge is -2.25. The molecule has 2 heteroatoms. The fourth-order valence-electron chi connectivity index (χ4n) is 4.37. The first-order chi connectivity index (χ1) is 13.6. The number of hydrogen-bond acceptors (Lipinski definition) is 2. The van der Waals surface area contributed by atoms with Gasteiger partial charge in [0.25, 0.3) is 0 Å². The number of allylic oxidation sites excluding steroid dienone is 2. The maximum Gasteiger partial charge on any atom is 0.338 e. The molecule has 2 nitrogen and oxygen atoms in total. The molecule has 2 aliphatic carbocycles. The van der Waals surface area contributed by atoms with Crippen molar-refractivity contribution in [1.29, 1.82) is 0 Å². The van der Waals surface area contributed by atoms with E-state index in [2.05, 4.69) is 30.9 Å². The van der Waals surface area contributed by atoms with Crippen LogP contribution < -0.4 is 0 Å². The molecule has 2 aliphatic rings. The van der Waals surface area contributed by atoms with Crippen LogP contribution in [-0.2, 0) is 4.74 Å². The van der Waals surface area contributed by atoms with Crippen molar-refractivity contribution < 1.29 is 9.53 Å². The third-order valence-electron chi connectivity index (χ3n) is 6.44. The van der Waals surface area contributed by atoms with Gasteiger partial charge in [0, 0.05) is 5.92 Å². The van der Waals surface area contributed by atoms with Gasteiger partial charge >= 0.3 is 5.97 Å². The van der Waals surface area contributed by atoms with E-state index in [4.69, 9.17) is 4.74 Å². The smallest absolute Gasteiger partial charge is 0.338 e. The van der Waals surface area contributed by atoms with Gasteiger partial charge in [0.2, 0.25) is 0 Å². The molecule has 0 unspecified atom stereocenters. The van der Waals surface area contributed by atoms with Gasteiger partial charge in [-0.15, -0.1) is 0 Å². The summed E-state index contributed by atoms with van der Waals surface area (Å²) in [6, 6.07) is 7.59. The van der Waals surface area contributed by atoms with Crippen molar-refractivity contribution in [3.63, 3.8) is 0 Å². The predicted molar refractivity (Wildman–Crippen MR) is 115 cm³/mol. The Morgan fingerprint density at radius 3 is 2.36 bits per heavy atom.